The van der Waals surface area contributed by atoms with Gasteiger partial charge in [-0.3, -0.25) is 9.58 Å². The number of rotatable bonds is 4. The molecule has 0 amide bonds. The molecule has 2 N–H and O–H groups in total. The molecular formula is C12H23N5. The molecule has 0 radical (unpaired) electrons. The van der Waals surface area contributed by atoms with Crippen LogP contribution in [0.3, 0.4) is 0 Å². The van der Waals surface area contributed by atoms with Crippen LogP contribution in [-0.2, 0) is 13.1 Å². The number of piperidine rings is 1. The van der Waals surface area contributed by atoms with Crippen molar-refractivity contribution in [1.82, 2.24) is 19.9 Å². The van der Waals surface area contributed by atoms with Gasteiger partial charge in [-0.2, -0.15) is 0 Å². The van der Waals surface area contributed by atoms with Gasteiger partial charge in [0.2, 0.25) is 0 Å². The van der Waals surface area contributed by atoms with Crippen LogP contribution in [0.25, 0.3) is 0 Å². The summed E-state index contributed by atoms with van der Waals surface area (Å²) in [4.78, 5) is 2.53. The highest BCUT2D eigenvalue weighted by Crippen LogP contribution is 2.23. The largest absolute Gasteiger partial charge is 0.329 e. The summed E-state index contributed by atoms with van der Waals surface area (Å²) in [6, 6.07) is 1.30. The molecule has 1 aliphatic rings. The lowest BCUT2D eigenvalue weighted by atomic mass is 9.97. The van der Waals surface area contributed by atoms with E-state index in [0.717, 1.165) is 18.8 Å². The maximum absolute atomic E-state index is 5.50. The molecule has 2 unspecified atom stereocenters. The van der Waals surface area contributed by atoms with Gasteiger partial charge in [0.05, 0.1) is 12.2 Å². The molecule has 1 aliphatic heterocycles. The first-order chi connectivity index (χ1) is 8.20. The summed E-state index contributed by atoms with van der Waals surface area (Å²) in [6.45, 7) is 6.88. The molecule has 0 aromatic carbocycles. The lowest BCUT2D eigenvalue weighted by molar-refractivity contribution is 0.0938. The van der Waals surface area contributed by atoms with Gasteiger partial charge in [-0.05, 0) is 26.7 Å². The van der Waals surface area contributed by atoms with Gasteiger partial charge in [0.1, 0.15) is 0 Å². The summed E-state index contributed by atoms with van der Waals surface area (Å²) in [5.41, 5.74) is 6.55. The molecule has 2 rings (SSSR count). The minimum Gasteiger partial charge on any atom is -0.329 e. The van der Waals surface area contributed by atoms with Crippen LogP contribution in [0.4, 0.5) is 0 Å². The molecule has 2 heterocycles. The molecule has 0 bridgehead atoms. The molecule has 5 nitrogen and oxygen atoms in total. The second-order valence-electron chi connectivity index (χ2n) is 5.06. The Hall–Kier alpha value is -0.940. The quantitative estimate of drug-likeness (QED) is 0.848. The van der Waals surface area contributed by atoms with Crippen molar-refractivity contribution in [2.45, 2.75) is 58.3 Å². The van der Waals surface area contributed by atoms with Crippen molar-refractivity contribution in [1.29, 1.82) is 0 Å². The van der Waals surface area contributed by atoms with Crippen LogP contribution in [0.2, 0.25) is 0 Å². The molecule has 5 heteroatoms. The highest BCUT2D eigenvalue weighted by atomic mass is 15.4. The molecule has 1 aromatic heterocycles. The molecule has 2 atom stereocenters. The van der Waals surface area contributed by atoms with Crippen molar-refractivity contribution < 1.29 is 0 Å². The standard InChI is InChI=1S/C12H23N5/c1-10-4-3-5-11(2)17(10)9-12-8-16(7-6-13)15-14-12/h8,10-11H,3-7,9,13H2,1-2H3. The van der Waals surface area contributed by atoms with Crippen molar-refractivity contribution in [3.05, 3.63) is 11.9 Å². The molecule has 0 spiro atoms. The van der Waals surface area contributed by atoms with E-state index in [0.29, 0.717) is 18.6 Å². The van der Waals surface area contributed by atoms with E-state index in [1.165, 1.54) is 19.3 Å². The predicted molar refractivity (Wildman–Crippen MR) is 67.4 cm³/mol. The van der Waals surface area contributed by atoms with Gasteiger partial charge in [0.15, 0.2) is 0 Å². The first kappa shape index (κ1) is 12.5. The third-order valence-corrected chi connectivity index (χ3v) is 3.66. The second kappa shape index (κ2) is 5.60. The van der Waals surface area contributed by atoms with E-state index in [1.807, 2.05) is 10.9 Å². The number of hydrogen-bond acceptors (Lipinski definition) is 4. The zero-order valence-corrected chi connectivity index (χ0v) is 10.8. The van der Waals surface area contributed by atoms with Crippen LogP contribution in [0, 0.1) is 0 Å². The lowest BCUT2D eigenvalue weighted by Gasteiger charge is -2.38. The van der Waals surface area contributed by atoms with Gasteiger partial charge in [-0.25, -0.2) is 0 Å². The summed E-state index contributed by atoms with van der Waals surface area (Å²) in [5.74, 6) is 0. The van der Waals surface area contributed by atoms with E-state index >= 15 is 0 Å². The summed E-state index contributed by atoms with van der Waals surface area (Å²) in [5, 5.41) is 8.30. The highest BCUT2D eigenvalue weighted by molar-refractivity contribution is 4.95. The van der Waals surface area contributed by atoms with Gasteiger partial charge in [0, 0.05) is 31.4 Å². The summed E-state index contributed by atoms with van der Waals surface area (Å²) < 4.78 is 1.83. The third kappa shape index (κ3) is 3.04. The molecule has 17 heavy (non-hydrogen) atoms. The maximum Gasteiger partial charge on any atom is 0.0967 e. The number of nitrogens with two attached hydrogens (primary N) is 1. The van der Waals surface area contributed by atoms with Crippen molar-refractivity contribution in [3.63, 3.8) is 0 Å². The van der Waals surface area contributed by atoms with Gasteiger partial charge >= 0.3 is 0 Å². The summed E-state index contributed by atoms with van der Waals surface area (Å²) in [6.07, 6.45) is 5.95. The average Bonchev–Trinajstić information content (AvgIpc) is 2.72. The summed E-state index contributed by atoms with van der Waals surface area (Å²) >= 11 is 0. The fraction of sp³-hybridized carbons (Fsp3) is 0.833. The van der Waals surface area contributed by atoms with Crippen LogP contribution in [0.5, 0.6) is 0 Å². The first-order valence-electron chi connectivity index (χ1n) is 6.55. The predicted octanol–water partition coefficient (Wildman–Crippen LogP) is 1.000. The van der Waals surface area contributed by atoms with E-state index in [2.05, 4.69) is 29.1 Å². The average molecular weight is 237 g/mol. The van der Waals surface area contributed by atoms with E-state index in [-0.39, 0.29) is 0 Å². The van der Waals surface area contributed by atoms with Crippen molar-refractivity contribution in [2.24, 2.45) is 5.73 Å². The van der Waals surface area contributed by atoms with E-state index in [4.69, 9.17) is 5.73 Å². The van der Waals surface area contributed by atoms with Crippen molar-refractivity contribution in [2.75, 3.05) is 6.54 Å². The smallest absolute Gasteiger partial charge is 0.0967 e. The van der Waals surface area contributed by atoms with Gasteiger partial charge in [-0.1, -0.05) is 11.6 Å². The monoisotopic (exact) mass is 237 g/mol. The lowest BCUT2D eigenvalue weighted by Crippen LogP contribution is -2.43. The fourth-order valence-electron chi connectivity index (χ4n) is 2.63. The van der Waals surface area contributed by atoms with Crippen molar-refractivity contribution >= 4 is 0 Å². The zero-order valence-electron chi connectivity index (χ0n) is 10.8. The number of aromatic nitrogens is 3. The topological polar surface area (TPSA) is 60.0 Å². The first-order valence-corrected chi connectivity index (χ1v) is 6.55. The Balaban J connectivity index is 1.98. The number of hydrogen-bond donors (Lipinski definition) is 1. The van der Waals surface area contributed by atoms with Crippen LogP contribution in [0.15, 0.2) is 6.20 Å². The fourth-order valence-corrected chi connectivity index (χ4v) is 2.63. The minimum atomic E-state index is 0.610. The minimum absolute atomic E-state index is 0.610. The molecular weight excluding hydrogens is 214 g/mol. The highest BCUT2D eigenvalue weighted by Gasteiger charge is 2.25. The molecule has 0 aliphatic carbocycles. The van der Waals surface area contributed by atoms with Crippen LogP contribution in [-0.4, -0.2) is 38.5 Å². The van der Waals surface area contributed by atoms with E-state index < -0.39 is 0 Å². The number of likely N-dealkylation sites (tertiary alicyclic amines) is 1. The van der Waals surface area contributed by atoms with E-state index in [9.17, 15) is 0 Å². The normalized spacial score (nSPS) is 26.3. The summed E-state index contributed by atoms with van der Waals surface area (Å²) in [7, 11) is 0. The van der Waals surface area contributed by atoms with Gasteiger partial charge < -0.3 is 5.73 Å². The van der Waals surface area contributed by atoms with Gasteiger partial charge in [-0.15, -0.1) is 5.10 Å². The van der Waals surface area contributed by atoms with Crippen LogP contribution < -0.4 is 5.73 Å². The Kier molecular flexibility index (Phi) is 4.12. The van der Waals surface area contributed by atoms with Crippen molar-refractivity contribution in [3.8, 4) is 0 Å². The SMILES string of the molecule is CC1CCCC(C)N1Cc1cn(CCN)nn1. The Morgan fingerprint density at radius 1 is 1.35 bits per heavy atom. The maximum atomic E-state index is 5.50. The van der Waals surface area contributed by atoms with Gasteiger partial charge in [0.25, 0.3) is 0 Å². The molecule has 1 aromatic rings. The molecule has 1 saturated heterocycles. The Morgan fingerprint density at radius 3 is 2.71 bits per heavy atom. The zero-order chi connectivity index (χ0) is 12.3. The molecule has 96 valence electrons. The molecule has 1 fully saturated rings. The van der Waals surface area contributed by atoms with E-state index in [1.54, 1.807) is 0 Å². The Morgan fingerprint density at radius 2 is 2.06 bits per heavy atom. The second-order valence-corrected chi connectivity index (χ2v) is 5.06. The van der Waals surface area contributed by atoms with Crippen LogP contribution in [0.1, 0.15) is 38.8 Å². The number of nitrogens with zero attached hydrogens (tertiary/aromatic N) is 4. The van der Waals surface area contributed by atoms with Crippen LogP contribution >= 0.6 is 0 Å². The third-order valence-electron chi connectivity index (χ3n) is 3.66. The Labute approximate surface area is 103 Å². The Bertz CT molecular complexity index is 338. The molecule has 0 saturated carbocycles.